The Bertz CT molecular complexity index is 1440. The van der Waals surface area contributed by atoms with Crippen LogP contribution in [-0.4, -0.2) is 62.6 Å². The molecule has 1 saturated heterocycles. The Morgan fingerprint density at radius 1 is 0.947 bits per heavy atom. The number of carboxylic acids is 1. The zero-order valence-corrected chi connectivity index (χ0v) is 22.5. The lowest BCUT2D eigenvalue weighted by atomic mass is 10.1. The molecule has 3 aromatic rings. The molecule has 38 heavy (non-hydrogen) atoms. The molecule has 0 spiro atoms. The molecule has 0 aliphatic carbocycles. The Morgan fingerprint density at radius 3 is 2.24 bits per heavy atom. The lowest BCUT2D eigenvalue weighted by molar-refractivity contribution is -0.139. The van der Waals surface area contributed by atoms with Crippen LogP contribution in [0.3, 0.4) is 0 Å². The van der Waals surface area contributed by atoms with Gasteiger partial charge in [-0.25, -0.2) is 0 Å². The van der Waals surface area contributed by atoms with Crippen LogP contribution in [0.25, 0.3) is 10.8 Å². The quantitative estimate of drug-likeness (QED) is 0.404. The van der Waals surface area contributed by atoms with Gasteiger partial charge >= 0.3 is 5.97 Å². The number of hydrogen-bond acceptors (Lipinski definition) is 5. The molecule has 200 valence electrons. The number of aliphatic carboxylic acids is 1. The summed E-state index contributed by atoms with van der Waals surface area (Å²) in [6, 6.07) is 18.9. The third-order valence-electron chi connectivity index (χ3n) is 6.45. The first-order valence-corrected chi connectivity index (χ1v) is 14.3. The second kappa shape index (κ2) is 12.3. The number of fused-ring (bicyclic) bond motifs is 1. The van der Waals surface area contributed by atoms with E-state index in [9.17, 15) is 18.3 Å². The van der Waals surface area contributed by atoms with Gasteiger partial charge in [-0.15, -0.1) is 0 Å². The van der Waals surface area contributed by atoms with Crippen molar-refractivity contribution in [1.29, 1.82) is 0 Å². The average molecular weight is 536 g/mol. The summed E-state index contributed by atoms with van der Waals surface area (Å²) >= 11 is 0. The number of carbonyl (C=O) groups is 1. The number of anilines is 1. The van der Waals surface area contributed by atoms with Crippen LogP contribution in [0.2, 0.25) is 0 Å². The summed E-state index contributed by atoms with van der Waals surface area (Å²) in [5, 5.41) is 11.5. The van der Waals surface area contributed by atoms with E-state index in [1.807, 2.05) is 68.4 Å². The number of nitrogens with one attached hydrogen (secondary N) is 1. The lowest BCUT2D eigenvalue weighted by Gasteiger charge is -2.35. The fraction of sp³-hybridized carbons (Fsp3) is 0.345. The molecule has 0 saturated carbocycles. The normalized spacial score (nSPS) is 15.1. The Balaban J connectivity index is 1.36. The minimum atomic E-state index is -3.86. The molecule has 3 aromatic carbocycles. The summed E-state index contributed by atoms with van der Waals surface area (Å²) in [6.45, 7) is 6.01. The molecule has 4 rings (SSSR count). The molecule has 0 aromatic heterocycles. The average Bonchev–Trinajstić information content (AvgIpc) is 2.92. The van der Waals surface area contributed by atoms with Gasteiger partial charge in [-0.1, -0.05) is 37.3 Å². The Labute approximate surface area is 224 Å². The largest absolute Gasteiger partial charge is 0.494 e. The van der Waals surface area contributed by atoms with Crippen molar-refractivity contribution in [1.82, 2.24) is 9.03 Å². The maximum Gasteiger partial charge on any atom is 0.321 e. The van der Waals surface area contributed by atoms with Gasteiger partial charge in [0.1, 0.15) is 11.8 Å². The molecular formula is C29H33N3O5S. The first-order chi connectivity index (χ1) is 18.3. The highest BCUT2D eigenvalue weighted by Crippen LogP contribution is 2.22. The van der Waals surface area contributed by atoms with Gasteiger partial charge in [0, 0.05) is 43.0 Å². The topological polar surface area (TPSA) is 99.2 Å². The number of piperazine rings is 1. The van der Waals surface area contributed by atoms with E-state index in [0.29, 0.717) is 26.1 Å². The van der Waals surface area contributed by atoms with E-state index in [4.69, 9.17) is 4.74 Å². The van der Waals surface area contributed by atoms with Gasteiger partial charge < -0.3 is 14.7 Å². The fourth-order valence-electron chi connectivity index (χ4n) is 4.42. The van der Waals surface area contributed by atoms with Gasteiger partial charge in [0.2, 0.25) is 0 Å². The SMILES string of the molecule is CCC[C@H](NS(=O)(=O)N1CCN(c2ccc(C#Cc3ccc4cc(OCC)ccc4c3)cc2)CC1)C(=O)O. The highest BCUT2D eigenvalue weighted by molar-refractivity contribution is 7.87. The van der Waals surface area contributed by atoms with Crippen LogP contribution in [0.4, 0.5) is 5.69 Å². The first kappa shape index (κ1) is 27.5. The van der Waals surface area contributed by atoms with Crippen molar-refractivity contribution in [2.24, 2.45) is 0 Å². The van der Waals surface area contributed by atoms with Gasteiger partial charge in [-0.2, -0.15) is 17.4 Å². The predicted octanol–water partition coefficient (Wildman–Crippen LogP) is 3.85. The van der Waals surface area contributed by atoms with Crippen molar-refractivity contribution in [2.75, 3.05) is 37.7 Å². The van der Waals surface area contributed by atoms with Crippen LogP contribution in [0.15, 0.2) is 60.7 Å². The number of hydrogen-bond donors (Lipinski definition) is 2. The molecule has 8 nitrogen and oxygen atoms in total. The van der Waals surface area contributed by atoms with Crippen LogP contribution < -0.4 is 14.4 Å². The summed E-state index contributed by atoms with van der Waals surface area (Å²) < 4.78 is 34.6. The Morgan fingerprint density at radius 2 is 1.58 bits per heavy atom. The maximum atomic E-state index is 12.7. The molecule has 0 radical (unpaired) electrons. The van der Waals surface area contributed by atoms with Crippen molar-refractivity contribution in [3.05, 3.63) is 71.8 Å². The van der Waals surface area contributed by atoms with Crippen molar-refractivity contribution in [3.8, 4) is 17.6 Å². The van der Waals surface area contributed by atoms with Gasteiger partial charge in [0.05, 0.1) is 6.61 Å². The molecule has 1 atom stereocenters. The molecule has 9 heteroatoms. The minimum Gasteiger partial charge on any atom is -0.494 e. The predicted molar refractivity (Wildman–Crippen MR) is 150 cm³/mol. The Hall–Kier alpha value is -3.58. The van der Waals surface area contributed by atoms with Crippen LogP contribution in [0, 0.1) is 11.8 Å². The maximum absolute atomic E-state index is 12.7. The molecule has 1 heterocycles. The molecule has 0 amide bonds. The number of carboxylic acid groups (broad SMARTS) is 1. The summed E-state index contributed by atoms with van der Waals surface area (Å²) in [7, 11) is -3.86. The van der Waals surface area contributed by atoms with Crippen molar-refractivity contribution in [3.63, 3.8) is 0 Å². The molecule has 0 unspecified atom stereocenters. The first-order valence-electron chi connectivity index (χ1n) is 12.8. The lowest BCUT2D eigenvalue weighted by Crippen LogP contribution is -2.54. The summed E-state index contributed by atoms with van der Waals surface area (Å²) in [5.74, 6) is 6.15. The minimum absolute atomic E-state index is 0.250. The summed E-state index contributed by atoms with van der Waals surface area (Å²) in [6.07, 6.45) is 0.825. The zero-order chi connectivity index (χ0) is 27.1. The molecule has 1 aliphatic rings. The number of rotatable bonds is 9. The van der Waals surface area contributed by atoms with Crippen LogP contribution in [0.5, 0.6) is 5.75 Å². The second-order valence-corrected chi connectivity index (χ2v) is 10.8. The standard InChI is InChI=1S/C29H33N3O5S/c1-3-5-28(29(33)34)30-38(35,36)32-18-16-31(17-19-32)26-13-9-22(10-14-26)6-7-23-8-11-25-21-27(37-4-2)15-12-24(25)20-23/h8-15,20-21,28,30H,3-5,16-19H2,1-2H3,(H,33,34)/t28-/m0/s1. The van der Waals surface area contributed by atoms with Crippen molar-refractivity contribution in [2.45, 2.75) is 32.7 Å². The third kappa shape index (κ3) is 6.84. The highest BCUT2D eigenvalue weighted by Gasteiger charge is 2.31. The van der Waals surface area contributed by atoms with Crippen molar-refractivity contribution >= 4 is 32.6 Å². The van der Waals surface area contributed by atoms with Crippen LogP contribution >= 0.6 is 0 Å². The number of benzene rings is 3. The van der Waals surface area contributed by atoms with E-state index >= 15 is 0 Å². The third-order valence-corrected chi connectivity index (χ3v) is 8.08. The van der Waals surface area contributed by atoms with Gasteiger partial charge in [-0.05, 0) is 72.6 Å². The fourth-order valence-corrected chi connectivity index (χ4v) is 5.79. The van der Waals surface area contributed by atoms with E-state index in [1.54, 1.807) is 0 Å². The Kier molecular flexibility index (Phi) is 8.89. The number of nitrogens with zero attached hydrogens (tertiary/aromatic N) is 2. The summed E-state index contributed by atoms with van der Waals surface area (Å²) in [4.78, 5) is 13.5. The van der Waals surface area contributed by atoms with E-state index < -0.39 is 22.2 Å². The van der Waals surface area contributed by atoms with E-state index in [0.717, 1.165) is 33.3 Å². The molecule has 1 fully saturated rings. The van der Waals surface area contributed by atoms with Gasteiger partial charge in [-0.3, -0.25) is 4.79 Å². The van der Waals surface area contributed by atoms with Gasteiger partial charge in [0.25, 0.3) is 10.2 Å². The van der Waals surface area contributed by atoms with Crippen molar-refractivity contribution < 1.29 is 23.1 Å². The van der Waals surface area contributed by atoms with E-state index in [-0.39, 0.29) is 19.5 Å². The highest BCUT2D eigenvalue weighted by atomic mass is 32.2. The summed E-state index contributed by atoms with van der Waals surface area (Å²) in [5.41, 5.74) is 2.81. The zero-order valence-electron chi connectivity index (χ0n) is 21.7. The van der Waals surface area contributed by atoms with E-state index in [2.05, 4.69) is 27.5 Å². The molecule has 0 bridgehead atoms. The second-order valence-electron chi connectivity index (χ2n) is 9.14. The number of ether oxygens (including phenoxy) is 1. The molecular weight excluding hydrogens is 502 g/mol. The molecule has 1 aliphatic heterocycles. The monoisotopic (exact) mass is 535 g/mol. The van der Waals surface area contributed by atoms with Gasteiger partial charge in [0.15, 0.2) is 0 Å². The van der Waals surface area contributed by atoms with Crippen LogP contribution in [0.1, 0.15) is 37.8 Å². The smallest absolute Gasteiger partial charge is 0.321 e. The van der Waals surface area contributed by atoms with E-state index in [1.165, 1.54) is 4.31 Å². The van der Waals surface area contributed by atoms with Crippen LogP contribution in [-0.2, 0) is 15.0 Å². The molecule has 2 N–H and O–H groups in total.